The van der Waals surface area contributed by atoms with Crippen molar-refractivity contribution in [2.24, 2.45) is 0 Å². The molecular weight excluding hydrogens is 380 g/mol. The predicted octanol–water partition coefficient (Wildman–Crippen LogP) is 5.61. The smallest absolute Gasteiger partial charge is 0.161 e. The summed E-state index contributed by atoms with van der Waals surface area (Å²) >= 11 is 3.52. The normalized spacial score (nSPS) is 25.0. The molecule has 0 unspecified atom stereocenters. The Hall–Kier alpha value is -1.52. The average molecular weight is 403 g/mol. The molecule has 1 heterocycles. The third kappa shape index (κ3) is 3.06. The van der Waals surface area contributed by atoms with E-state index < -0.39 is 0 Å². The lowest BCUT2D eigenvalue weighted by molar-refractivity contribution is -0.0391. The number of benzene rings is 2. The molecule has 2 aromatic rings. The quantitative estimate of drug-likeness (QED) is 0.667. The van der Waals surface area contributed by atoms with Gasteiger partial charge in [-0.15, -0.1) is 0 Å². The zero-order valence-corrected chi connectivity index (χ0v) is 16.2. The van der Waals surface area contributed by atoms with Gasteiger partial charge in [0.1, 0.15) is 6.10 Å². The number of fused-ring (bicyclic) bond motifs is 3. The minimum absolute atomic E-state index is 0.0535. The lowest BCUT2D eigenvalue weighted by Gasteiger charge is -2.41. The highest BCUT2D eigenvalue weighted by molar-refractivity contribution is 9.10. The van der Waals surface area contributed by atoms with Gasteiger partial charge < -0.3 is 14.2 Å². The van der Waals surface area contributed by atoms with Crippen molar-refractivity contribution < 1.29 is 14.2 Å². The molecular formula is C21H23BrO3. The van der Waals surface area contributed by atoms with Crippen LogP contribution < -0.4 is 9.47 Å². The number of rotatable bonds is 3. The topological polar surface area (TPSA) is 27.7 Å². The second kappa shape index (κ2) is 7.00. The summed E-state index contributed by atoms with van der Waals surface area (Å²) in [5.41, 5.74) is 3.75. The van der Waals surface area contributed by atoms with Crippen LogP contribution in [0, 0.1) is 0 Å². The standard InChI is InChI=1S/C21H23BrO3/c1-23-19-11-16-15-5-3-4-6-18(15)25-21(17(16)12-20(19)24-2)13-7-9-14(22)10-8-13/h7-12,15,18,21H,3-6H2,1-2H3/t15-,18+,21-/m1/s1. The molecule has 3 nitrogen and oxygen atoms in total. The second-order valence-electron chi connectivity index (χ2n) is 6.83. The molecule has 0 bridgehead atoms. The summed E-state index contributed by atoms with van der Waals surface area (Å²) in [6.07, 6.45) is 5.05. The third-order valence-electron chi connectivity index (χ3n) is 5.46. The van der Waals surface area contributed by atoms with Crippen molar-refractivity contribution in [3.05, 3.63) is 57.6 Å². The van der Waals surface area contributed by atoms with Gasteiger partial charge in [0.15, 0.2) is 11.5 Å². The molecule has 1 saturated carbocycles. The van der Waals surface area contributed by atoms with Crippen LogP contribution in [0.3, 0.4) is 0 Å². The fourth-order valence-electron chi connectivity index (χ4n) is 4.22. The van der Waals surface area contributed by atoms with Crippen LogP contribution in [0.1, 0.15) is 54.4 Å². The van der Waals surface area contributed by atoms with Gasteiger partial charge in [0.25, 0.3) is 0 Å². The number of methoxy groups -OCH3 is 2. The van der Waals surface area contributed by atoms with Crippen molar-refractivity contribution in [3.8, 4) is 11.5 Å². The summed E-state index contributed by atoms with van der Waals surface area (Å²) in [4.78, 5) is 0. The Morgan fingerprint density at radius 1 is 0.920 bits per heavy atom. The largest absolute Gasteiger partial charge is 0.493 e. The van der Waals surface area contributed by atoms with Crippen LogP contribution >= 0.6 is 15.9 Å². The molecule has 3 atom stereocenters. The van der Waals surface area contributed by atoms with Crippen LogP contribution in [0.2, 0.25) is 0 Å². The fourth-order valence-corrected chi connectivity index (χ4v) is 4.48. The molecule has 0 spiro atoms. The van der Waals surface area contributed by atoms with E-state index in [4.69, 9.17) is 14.2 Å². The van der Waals surface area contributed by atoms with Crippen LogP contribution in [-0.4, -0.2) is 20.3 Å². The van der Waals surface area contributed by atoms with Crippen LogP contribution in [0.15, 0.2) is 40.9 Å². The summed E-state index contributed by atoms with van der Waals surface area (Å²) in [6.45, 7) is 0. The van der Waals surface area contributed by atoms with E-state index in [0.717, 1.165) is 22.4 Å². The highest BCUT2D eigenvalue weighted by atomic mass is 79.9. The Balaban J connectivity index is 1.85. The van der Waals surface area contributed by atoms with Crippen LogP contribution in [-0.2, 0) is 4.74 Å². The zero-order valence-electron chi connectivity index (χ0n) is 14.6. The second-order valence-corrected chi connectivity index (χ2v) is 7.75. The summed E-state index contributed by atoms with van der Waals surface area (Å²) in [5, 5.41) is 0. The first-order valence-corrected chi connectivity index (χ1v) is 9.67. The molecule has 0 N–H and O–H groups in total. The molecule has 1 fully saturated rings. The Labute approximate surface area is 157 Å². The van der Waals surface area contributed by atoms with E-state index >= 15 is 0 Å². The highest BCUT2D eigenvalue weighted by Crippen LogP contribution is 2.49. The molecule has 1 aliphatic heterocycles. The van der Waals surface area contributed by atoms with Crippen LogP contribution in [0.5, 0.6) is 11.5 Å². The Kier molecular flexibility index (Phi) is 4.74. The fraction of sp³-hybridized carbons (Fsp3) is 0.429. The van der Waals surface area contributed by atoms with Gasteiger partial charge >= 0.3 is 0 Å². The molecule has 2 aliphatic rings. The maximum Gasteiger partial charge on any atom is 0.161 e. The maximum atomic E-state index is 6.60. The van der Waals surface area contributed by atoms with E-state index in [1.54, 1.807) is 14.2 Å². The van der Waals surface area contributed by atoms with Gasteiger partial charge in [-0.3, -0.25) is 0 Å². The zero-order chi connectivity index (χ0) is 17.4. The number of halogens is 1. The van der Waals surface area contributed by atoms with E-state index in [1.807, 2.05) is 0 Å². The lowest BCUT2D eigenvalue weighted by atomic mass is 9.76. The molecule has 132 valence electrons. The van der Waals surface area contributed by atoms with Gasteiger partial charge in [-0.05, 0) is 53.8 Å². The molecule has 25 heavy (non-hydrogen) atoms. The van der Waals surface area contributed by atoms with Crippen molar-refractivity contribution in [3.63, 3.8) is 0 Å². The molecule has 4 heteroatoms. The van der Waals surface area contributed by atoms with Gasteiger partial charge in [-0.25, -0.2) is 0 Å². The first-order chi connectivity index (χ1) is 12.2. The predicted molar refractivity (Wildman–Crippen MR) is 102 cm³/mol. The van der Waals surface area contributed by atoms with Crippen molar-refractivity contribution in [1.29, 1.82) is 0 Å². The van der Waals surface area contributed by atoms with E-state index in [1.165, 1.54) is 36.0 Å². The number of hydrogen-bond acceptors (Lipinski definition) is 3. The first-order valence-electron chi connectivity index (χ1n) is 8.88. The molecule has 0 radical (unpaired) electrons. The molecule has 2 aromatic carbocycles. The van der Waals surface area contributed by atoms with Crippen LogP contribution in [0.25, 0.3) is 0 Å². The van der Waals surface area contributed by atoms with E-state index in [0.29, 0.717) is 5.92 Å². The molecule has 4 rings (SSSR count). The van der Waals surface area contributed by atoms with Crippen LogP contribution in [0.4, 0.5) is 0 Å². The van der Waals surface area contributed by atoms with Crippen molar-refractivity contribution in [1.82, 2.24) is 0 Å². The number of ether oxygens (including phenoxy) is 3. The third-order valence-corrected chi connectivity index (χ3v) is 5.99. The van der Waals surface area contributed by atoms with Crippen molar-refractivity contribution in [2.75, 3.05) is 14.2 Å². The Bertz CT molecular complexity index is 756. The van der Waals surface area contributed by atoms with Crippen molar-refractivity contribution >= 4 is 15.9 Å². The lowest BCUT2D eigenvalue weighted by Crippen LogP contribution is -2.33. The monoisotopic (exact) mass is 402 g/mol. The van der Waals surface area contributed by atoms with E-state index in [-0.39, 0.29) is 12.2 Å². The number of hydrogen-bond donors (Lipinski definition) is 0. The maximum absolute atomic E-state index is 6.60. The summed E-state index contributed by atoms with van der Waals surface area (Å²) in [6, 6.07) is 12.7. The molecule has 0 aromatic heterocycles. The SMILES string of the molecule is COc1cc2c(cc1OC)[C@H]1CCCC[C@@H]1O[C@@H]2c1ccc(Br)cc1. The molecule has 1 aliphatic carbocycles. The van der Waals surface area contributed by atoms with Gasteiger partial charge in [0, 0.05) is 10.4 Å². The van der Waals surface area contributed by atoms with Gasteiger partial charge in [0.2, 0.25) is 0 Å². The summed E-state index contributed by atoms with van der Waals surface area (Å²) < 4.78 is 18.8. The minimum Gasteiger partial charge on any atom is -0.493 e. The van der Waals surface area contributed by atoms with E-state index in [9.17, 15) is 0 Å². The molecule has 0 saturated heterocycles. The first kappa shape index (κ1) is 16.9. The van der Waals surface area contributed by atoms with Gasteiger partial charge in [-0.1, -0.05) is 40.9 Å². The Morgan fingerprint density at radius 2 is 1.56 bits per heavy atom. The van der Waals surface area contributed by atoms with E-state index in [2.05, 4.69) is 52.3 Å². The summed E-state index contributed by atoms with van der Waals surface area (Å²) in [7, 11) is 3.39. The summed E-state index contributed by atoms with van der Waals surface area (Å²) in [5.74, 6) is 2.03. The highest BCUT2D eigenvalue weighted by Gasteiger charge is 2.38. The average Bonchev–Trinajstić information content (AvgIpc) is 2.67. The minimum atomic E-state index is -0.0535. The Morgan fingerprint density at radius 3 is 2.24 bits per heavy atom. The molecule has 0 amide bonds. The van der Waals surface area contributed by atoms with Gasteiger partial charge in [-0.2, -0.15) is 0 Å². The van der Waals surface area contributed by atoms with Crippen molar-refractivity contribution in [2.45, 2.75) is 43.8 Å². The van der Waals surface area contributed by atoms with Gasteiger partial charge in [0.05, 0.1) is 20.3 Å².